The number of aryl methyl sites for hydroxylation is 1. The molecule has 0 aliphatic heterocycles. The summed E-state index contributed by atoms with van der Waals surface area (Å²) in [5, 5.41) is 10.9. The van der Waals surface area contributed by atoms with Crippen LogP contribution in [0.25, 0.3) is 0 Å². The molecule has 2 aromatic rings. The van der Waals surface area contributed by atoms with E-state index in [0.717, 1.165) is 3.57 Å². The molecule has 0 radical (unpaired) electrons. The molecule has 1 atom stereocenters. The minimum atomic E-state index is -0.361. The maximum absolute atomic E-state index is 11.9. The highest BCUT2D eigenvalue weighted by molar-refractivity contribution is 14.1. The first-order chi connectivity index (χ1) is 8.06. The molecular formula is C10H12IN5O. The summed E-state index contributed by atoms with van der Waals surface area (Å²) in [5.74, 6) is 0.411. The molecule has 0 aliphatic rings. The molecule has 1 amide bonds. The van der Waals surface area contributed by atoms with Gasteiger partial charge in [0, 0.05) is 25.5 Å². The van der Waals surface area contributed by atoms with Gasteiger partial charge in [0.1, 0.15) is 6.04 Å². The van der Waals surface area contributed by atoms with E-state index in [1.165, 1.54) is 0 Å². The number of hydrogen-bond donors (Lipinski definition) is 1. The number of rotatable bonds is 3. The summed E-state index contributed by atoms with van der Waals surface area (Å²) in [4.78, 5) is 11.9. The monoisotopic (exact) mass is 345 g/mol. The Kier molecular flexibility index (Phi) is 3.46. The number of halogens is 1. The number of carbonyl (C=O) groups is 1. The molecule has 7 heteroatoms. The van der Waals surface area contributed by atoms with Crippen LogP contribution in [0.2, 0.25) is 0 Å². The van der Waals surface area contributed by atoms with Crippen LogP contribution < -0.4 is 5.32 Å². The van der Waals surface area contributed by atoms with Crippen LogP contribution in [0, 0.1) is 3.57 Å². The van der Waals surface area contributed by atoms with Gasteiger partial charge in [-0.2, -0.15) is 10.2 Å². The van der Waals surface area contributed by atoms with E-state index in [2.05, 4.69) is 38.1 Å². The highest BCUT2D eigenvalue weighted by Crippen LogP contribution is 2.11. The van der Waals surface area contributed by atoms with Crippen LogP contribution in [-0.2, 0) is 11.8 Å². The molecule has 0 saturated heterocycles. The van der Waals surface area contributed by atoms with Crippen LogP contribution >= 0.6 is 22.6 Å². The lowest BCUT2D eigenvalue weighted by Crippen LogP contribution is -2.24. The Balaban J connectivity index is 2.05. The summed E-state index contributed by atoms with van der Waals surface area (Å²) in [6.07, 6.45) is 5.31. The van der Waals surface area contributed by atoms with Crippen molar-refractivity contribution in [1.82, 2.24) is 19.6 Å². The van der Waals surface area contributed by atoms with Crippen molar-refractivity contribution in [1.29, 1.82) is 0 Å². The zero-order valence-corrected chi connectivity index (χ0v) is 11.6. The molecule has 2 heterocycles. The molecule has 0 fully saturated rings. The highest BCUT2D eigenvalue weighted by Gasteiger charge is 2.16. The predicted molar refractivity (Wildman–Crippen MR) is 71.5 cm³/mol. The maximum Gasteiger partial charge on any atom is 0.250 e. The van der Waals surface area contributed by atoms with Crippen LogP contribution in [0.4, 0.5) is 5.82 Å². The van der Waals surface area contributed by atoms with Crippen molar-refractivity contribution in [2.45, 2.75) is 13.0 Å². The highest BCUT2D eigenvalue weighted by atomic mass is 127. The topological polar surface area (TPSA) is 64.7 Å². The molecule has 1 unspecified atom stereocenters. The van der Waals surface area contributed by atoms with Gasteiger partial charge < -0.3 is 5.32 Å². The van der Waals surface area contributed by atoms with Gasteiger partial charge in [-0.3, -0.25) is 14.2 Å². The second kappa shape index (κ2) is 4.86. The molecule has 0 saturated carbocycles. The Morgan fingerprint density at radius 3 is 2.88 bits per heavy atom. The van der Waals surface area contributed by atoms with E-state index in [4.69, 9.17) is 0 Å². The second-order valence-corrected chi connectivity index (χ2v) is 4.92. The van der Waals surface area contributed by atoms with E-state index in [9.17, 15) is 4.79 Å². The maximum atomic E-state index is 11.9. The van der Waals surface area contributed by atoms with E-state index in [1.807, 2.05) is 6.20 Å². The standard InChI is InChI=1S/C10H12IN5O/c1-7(16-6-8(11)5-12-16)10(17)13-9-3-4-15(2)14-9/h3-7H,1-2H3,(H,13,14,17). The van der Waals surface area contributed by atoms with Gasteiger partial charge in [0.15, 0.2) is 5.82 Å². The van der Waals surface area contributed by atoms with Gasteiger partial charge in [0.05, 0.1) is 9.77 Å². The third-order valence-electron chi connectivity index (χ3n) is 2.31. The number of anilines is 1. The van der Waals surface area contributed by atoms with Crippen molar-refractivity contribution in [3.05, 3.63) is 28.2 Å². The lowest BCUT2D eigenvalue weighted by Gasteiger charge is -2.10. The van der Waals surface area contributed by atoms with Gasteiger partial charge >= 0.3 is 0 Å². The molecular weight excluding hydrogens is 333 g/mol. The largest absolute Gasteiger partial charge is 0.307 e. The average molecular weight is 345 g/mol. The third-order valence-corrected chi connectivity index (χ3v) is 2.87. The molecule has 6 nitrogen and oxygen atoms in total. The van der Waals surface area contributed by atoms with E-state index >= 15 is 0 Å². The van der Waals surface area contributed by atoms with Crippen molar-refractivity contribution in [2.75, 3.05) is 5.32 Å². The summed E-state index contributed by atoms with van der Waals surface area (Å²) in [5.41, 5.74) is 0. The van der Waals surface area contributed by atoms with Crippen molar-refractivity contribution in [2.24, 2.45) is 7.05 Å². The minimum absolute atomic E-state index is 0.136. The van der Waals surface area contributed by atoms with Crippen molar-refractivity contribution in [3.63, 3.8) is 0 Å². The van der Waals surface area contributed by atoms with Crippen LogP contribution in [0.15, 0.2) is 24.7 Å². The molecule has 2 rings (SSSR count). The van der Waals surface area contributed by atoms with Gasteiger partial charge in [0.2, 0.25) is 5.91 Å². The molecule has 0 aromatic carbocycles. The predicted octanol–water partition coefficient (Wildman–Crippen LogP) is 1.42. The molecule has 90 valence electrons. The molecule has 17 heavy (non-hydrogen) atoms. The first-order valence-electron chi connectivity index (χ1n) is 5.06. The zero-order valence-electron chi connectivity index (χ0n) is 9.46. The first-order valence-corrected chi connectivity index (χ1v) is 6.14. The fourth-order valence-electron chi connectivity index (χ4n) is 1.36. The summed E-state index contributed by atoms with van der Waals surface area (Å²) in [7, 11) is 1.80. The Bertz CT molecular complexity index is 532. The summed E-state index contributed by atoms with van der Waals surface area (Å²) >= 11 is 2.15. The van der Waals surface area contributed by atoms with Gasteiger partial charge in [0.25, 0.3) is 0 Å². The van der Waals surface area contributed by atoms with E-state index in [-0.39, 0.29) is 11.9 Å². The number of nitrogens with one attached hydrogen (secondary N) is 1. The molecule has 0 spiro atoms. The van der Waals surface area contributed by atoms with Crippen molar-refractivity contribution >= 4 is 34.3 Å². The van der Waals surface area contributed by atoms with Crippen LogP contribution in [-0.4, -0.2) is 25.5 Å². The fraction of sp³-hybridized carbons (Fsp3) is 0.300. The van der Waals surface area contributed by atoms with E-state index in [1.54, 1.807) is 41.8 Å². The normalized spacial score (nSPS) is 12.4. The van der Waals surface area contributed by atoms with E-state index in [0.29, 0.717) is 5.82 Å². The molecule has 1 N–H and O–H groups in total. The minimum Gasteiger partial charge on any atom is -0.307 e. The van der Waals surface area contributed by atoms with Crippen molar-refractivity contribution in [3.8, 4) is 0 Å². The fourth-order valence-corrected chi connectivity index (χ4v) is 1.77. The summed E-state index contributed by atoms with van der Waals surface area (Å²) < 4.78 is 4.26. The number of hydrogen-bond acceptors (Lipinski definition) is 3. The summed E-state index contributed by atoms with van der Waals surface area (Å²) in [6, 6.07) is 1.39. The van der Waals surface area contributed by atoms with Gasteiger partial charge in [-0.1, -0.05) is 0 Å². The Labute approximate surface area is 112 Å². The lowest BCUT2D eigenvalue weighted by molar-refractivity contribution is -0.119. The molecule has 2 aromatic heterocycles. The van der Waals surface area contributed by atoms with Crippen LogP contribution in [0.3, 0.4) is 0 Å². The Morgan fingerprint density at radius 2 is 2.35 bits per heavy atom. The SMILES string of the molecule is CC(C(=O)Nc1ccn(C)n1)n1cc(I)cn1. The van der Waals surface area contributed by atoms with Crippen LogP contribution in [0.1, 0.15) is 13.0 Å². The zero-order chi connectivity index (χ0) is 12.4. The smallest absolute Gasteiger partial charge is 0.250 e. The van der Waals surface area contributed by atoms with E-state index < -0.39 is 0 Å². The Hall–Kier alpha value is -1.38. The summed E-state index contributed by atoms with van der Waals surface area (Å²) in [6.45, 7) is 1.79. The third kappa shape index (κ3) is 2.84. The number of aromatic nitrogens is 4. The van der Waals surface area contributed by atoms with Gasteiger partial charge in [-0.05, 0) is 29.5 Å². The van der Waals surface area contributed by atoms with Crippen molar-refractivity contribution < 1.29 is 4.79 Å². The average Bonchev–Trinajstić information content (AvgIpc) is 2.87. The van der Waals surface area contributed by atoms with Crippen LogP contribution in [0.5, 0.6) is 0 Å². The number of carbonyl (C=O) groups excluding carboxylic acids is 1. The molecule has 0 aliphatic carbocycles. The molecule has 0 bridgehead atoms. The lowest BCUT2D eigenvalue weighted by atomic mass is 10.3. The quantitative estimate of drug-likeness (QED) is 0.856. The van der Waals surface area contributed by atoms with Gasteiger partial charge in [-0.25, -0.2) is 0 Å². The number of nitrogens with zero attached hydrogens (tertiary/aromatic N) is 4. The van der Waals surface area contributed by atoms with Gasteiger partial charge in [-0.15, -0.1) is 0 Å². The second-order valence-electron chi connectivity index (χ2n) is 3.68. The Morgan fingerprint density at radius 1 is 1.59 bits per heavy atom. The first kappa shape index (κ1) is 12.1. The number of amides is 1.